The molecule has 2 N–H and O–H groups in total. The van der Waals surface area contributed by atoms with Crippen molar-refractivity contribution in [3.8, 4) is 5.75 Å². The zero-order valence-corrected chi connectivity index (χ0v) is 11.2. The van der Waals surface area contributed by atoms with Crippen LogP contribution in [0.5, 0.6) is 5.75 Å². The average Bonchev–Trinajstić information content (AvgIpc) is 2.36. The molecule has 0 saturated heterocycles. The Morgan fingerprint density at radius 2 is 1.89 bits per heavy atom. The third-order valence-electron chi connectivity index (χ3n) is 2.62. The topological polar surface area (TPSA) is 32.3 Å². The first-order valence-corrected chi connectivity index (χ1v) is 6.37. The molecule has 0 amide bonds. The molecule has 94 valence electrons. The Bertz CT molecular complexity index is 545. The van der Waals surface area contributed by atoms with Crippen LogP contribution in [0.1, 0.15) is 11.1 Å². The highest BCUT2D eigenvalue weighted by molar-refractivity contribution is 9.10. The molecule has 0 aliphatic heterocycles. The molecule has 4 heteroatoms. The molecule has 0 aliphatic carbocycles. The van der Waals surface area contributed by atoms with Crippen molar-refractivity contribution >= 4 is 15.9 Å². The Labute approximate surface area is 114 Å². The minimum Gasteiger partial charge on any atom is -0.508 e. The smallest absolute Gasteiger partial charge is 0.137 e. The van der Waals surface area contributed by atoms with E-state index in [-0.39, 0.29) is 11.6 Å². The van der Waals surface area contributed by atoms with Crippen LogP contribution in [0.2, 0.25) is 0 Å². The third-order valence-corrected chi connectivity index (χ3v) is 3.23. The van der Waals surface area contributed by atoms with Gasteiger partial charge in [-0.05, 0) is 39.7 Å². The summed E-state index contributed by atoms with van der Waals surface area (Å²) in [4.78, 5) is 0. The maximum atomic E-state index is 13.0. The molecule has 2 rings (SSSR count). The molecule has 18 heavy (non-hydrogen) atoms. The van der Waals surface area contributed by atoms with E-state index >= 15 is 0 Å². The summed E-state index contributed by atoms with van der Waals surface area (Å²) >= 11 is 3.15. The number of hydrogen-bond donors (Lipinski definition) is 2. The molecule has 0 fully saturated rings. The SMILES string of the molecule is Oc1ccccc1CNCc1ccc(F)c(Br)c1. The maximum absolute atomic E-state index is 13.0. The van der Waals surface area contributed by atoms with E-state index in [2.05, 4.69) is 21.2 Å². The maximum Gasteiger partial charge on any atom is 0.137 e. The van der Waals surface area contributed by atoms with Crippen molar-refractivity contribution in [1.82, 2.24) is 5.32 Å². The summed E-state index contributed by atoms with van der Waals surface area (Å²) in [5, 5.41) is 12.8. The molecule has 0 bridgehead atoms. The van der Waals surface area contributed by atoms with E-state index < -0.39 is 0 Å². The van der Waals surface area contributed by atoms with Gasteiger partial charge in [0.1, 0.15) is 11.6 Å². The second kappa shape index (κ2) is 5.98. The van der Waals surface area contributed by atoms with Crippen LogP contribution in [0, 0.1) is 5.82 Å². The van der Waals surface area contributed by atoms with Gasteiger partial charge in [-0.25, -0.2) is 4.39 Å². The molecule has 0 aromatic heterocycles. The minimum atomic E-state index is -0.264. The fraction of sp³-hybridized carbons (Fsp3) is 0.143. The first-order chi connectivity index (χ1) is 8.66. The second-order valence-corrected chi connectivity index (χ2v) is 4.84. The lowest BCUT2D eigenvalue weighted by Gasteiger charge is -2.07. The Hall–Kier alpha value is -1.39. The highest BCUT2D eigenvalue weighted by Gasteiger charge is 2.02. The molecule has 0 aliphatic rings. The standard InChI is InChI=1S/C14H13BrFNO/c15-12-7-10(5-6-13(12)16)8-17-9-11-3-1-2-4-14(11)18/h1-7,17-18H,8-9H2. The lowest BCUT2D eigenvalue weighted by atomic mass is 10.2. The number of benzene rings is 2. The van der Waals surface area contributed by atoms with Crippen molar-refractivity contribution in [3.63, 3.8) is 0 Å². The molecule has 0 radical (unpaired) electrons. The first-order valence-electron chi connectivity index (χ1n) is 5.58. The first kappa shape index (κ1) is 13.1. The van der Waals surface area contributed by atoms with E-state index in [1.165, 1.54) is 6.07 Å². The number of aromatic hydroxyl groups is 1. The number of phenolic OH excluding ortho intramolecular Hbond substituents is 1. The van der Waals surface area contributed by atoms with Gasteiger partial charge in [-0.15, -0.1) is 0 Å². The molecule has 0 spiro atoms. The normalized spacial score (nSPS) is 10.6. The van der Waals surface area contributed by atoms with Crippen LogP contribution in [-0.4, -0.2) is 5.11 Å². The molecule has 2 aromatic rings. The molecular formula is C14H13BrFNO. The molecule has 2 aromatic carbocycles. The number of para-hydroxylation sites is 1. The van der Waals surface area contributed by atoms with E-state index in [4.69, 9.17) is 0 Å². The van der Waals surface area contributed by atoms with Crippen LogP contribution in [0.3, 0.4) is 0 Å². The molecule has 0 saturated carbocycles. The van der Waals surface area contributed by atoms with E-state index in [1.807, 2.05) is 12.1 Å². The summed E-state index contributed by atoms with van der Waals surface area (Å²) in [5.41, 5.74) is 1.83. The molecule has 0 heterocycles. The molecule has 0 atom stereocenters. The Kier molecular flexibility index (Phi) is 4.33. The summed E-state index contributed by atoms with van der Waals surface area (Å²) < 4.78 is 13.5. The van der Waals surface area contributed by atoms with Gasteiger partial charge in [0.25, 0.3) is 0 Å². The van der Waals surface area contributed by atoms with Crippen molar-refractivity contribution in [2.45, 2.75) is 13.1 Å². The van der Waals surface area contributed by atoms with Gasteiger partial charge in [-0.2, -0.15) is 0 Å². The lowest BCUT2D eigenvalue weighted by Crippen LogP contribution is -2.12. The average molecular weight is 310 g/mol. The van der Waals surface area contributed by atoms with Crippen LogP contribution in [0.25, 0.3) is 0 Å². The van der Waals surface area contributed by atoms with Crippen LogP contribution in [0.4, 0.5) is 4.39 Å². The highest BCUT2D eigenvalue weighted by Crippen LogP contribution is 2.18. The van der Waals surface area contributed by atoms with Gasteiger partial charge < -0.3 is 10.4 Å². The van der Waals surface area contributed by atoms with Gasteiger partial charge in [0.15, 0.2) is 0 Å². The van der Waals surface area contributed by atoms with E-state index in [0.717, 1.165) is 11.1 Å². The predicted octanol–water partition coefficient (Wildman–Crippen LogP) is 3.58. The van der Waals surface area contributed by atoms with E-state index in [9.17, 15) is 9.50 Å². The van der Waals surface area contributed by atoms with Crippen molar-refractivity contribution < 1.29 is 9.50 Å². The summed E-state index contributed by atoms with van der Waals surface area (Å²) in [6.45, 7) is 1.19. The number of halogens is 2. The van der Waals surface area contributed by atoms with Gasteiger partial charge in [-0.1, -0.05) is 24.3 Å². The van der Waals surface area contributed by atoms with Gasteiger partial charge in [-0.3, -0.25) is 0 Å². The Morgan fingerprint density at radius 1 is 1.11 bits per heavy atom. The van der Waals surface area contributed by atoms with Gasteiger partial charge >= 0.3 is 0 Å². The number of rotatable bonds is 4. The summed E-state index contributed by atoms with van der Waals surface area (Å²) in [6.07, 6.45) is 0. The summed E-state index contributed by atoms with van der Waals surface area (Å²) in [5.74, 6) is 0.0183. The van der Waals surface area contributed by atoms with Crippen LogP contribution in [0.15, 0.2) is 46.9 Å². The molecular weight excluding hydrogens is 297 g/mol. The highest BCUT2D eigenvalue weighted by atomic mass is 79.9. The van der Waals surface area contributed by atoms with E-state index in [1.54, 1.807) is 24.3 Å². The zero-order chi connectivity index (χ0) is 13.0. The van der Waals surface area contributed by atoms with Crippen molar-refractivity contribution in [2.24, 2.45) is 0 Å². The van der Waals surface area contributed by atoms with E-state index in [0.29, 0.717) is 17.6 Å². The quantitative estimate of drug-likeness (QED) is 0.904. The fourth-order valence-corrected chi connectivity index (χ4v) is 2.08. The van der Waals surface area contributed by atoms with Crippen molar-refractivity contribution in [2.75, 3.05) is 0 Å². The number of nitrogens with one attached hydrogen (secondary N) is 1. The second-order valence-electron chi connectivity index (χ2n) is 3.98. The van der Waals surface area contributed by atoms with Gasteiger partial charge in [0, 0.05) is 18.7 Å². The lowest BCUT2D eigenvalue weighted by molar-refractivity contribution is 0.464. The predicted molar refractivity (Wildman–Crippen MR) is 72.8 cm³/mol. The van der Waals surface area contributed by atoms with Gasteiger partial charge in [0.2, 0.25) is 0 Å². The number of phenols is 1. The fourth-order valence-electron chi connectivity index (χ4n) is 1.65. The van der Waals surface area contributed by atoms with Crippen molar-refractivity contribution in [1.29, 1.82) is 0 Å². The molecule has 2 nitrogen and oxygen atoms in total. The van der Waals surface area contributed by atoms with Crippen LogP contribution < -0.4 is 5.32 Å². The van der Waals surface area contributed by atoms with Crippen LogP contribution in [-0.2, 0) is 13.1 Å². The summed E-state index contributed by atoms with van der Waals surface area (Å²) in [7, 11) is 0. The molecule has 0 unspecified atom stereocenters. The van der Waals surface area contributed by atoms with Gasteiger partial charge in [0.05, 0.1) is 4.47 Å². The zero-order valence-electron chi connectivity index (χ0n) is 9.66. The Balaban J connectivity index is 1.92. The minimum absolute atomic E-state index is 0.264. The summed E-state index contributed by atoms with van der Waals surface area (Å²) in [6, 6.07) is 12.1. The monoisotopic (exact) mass is 309 g/mol. The van der Waals surface area contributed by atoms with Crippen LogP contribution >= 0.6 is 15.9 Å². The number of hydrogen-bond acceptors (Lipinski definition) is 2. The van der Waals surface area contributed by atoms with Crippen molar-refractivity contribution in [3.05, 3.63) is 63.9 Å². The largest absolute Gasteiger partial charge is 0.508 e. The third kappa shape index (κ3) is 3.31. The Morgan fingerprint density at radius 3 is 2.61 bits per heavy atom.